The van der Waals surface area contributed by atoms with Crippen molar-refractivity contribution < 1.29 is 9.53 Å². The fourth-order valence-electron chi connectivity index (χ4n) is 1.70. The summed E-state index contributed by atoms with van der Waals surface area (Å²) >= 11 is 9.22. The van der Waals surface area contributed by atoms with Crippen molar-refractivity contribution in [2.45, 2.75) is 6.61 Å². The minimum Gasteiger partial charge on any atom is -0.397 e. The van der Waals surface area contributed by atoms with Crippen LogP contribution in [0.3, 0.4) is 0 Å². The SMILES string of the molecule is Nc1cc(Cl)ccc1NC(=O)COCc1ccccc1Br. The Morgan fingerprint density at radius 1 is 1.29 bits per heavy atom. The molecule has 0 aromatic heterocycles. The molecule has 21 heavy (non-hydrogen) atoms. The van der Waals surface area contributed by atoms with Gasteiger partial charge in [0.05, 0.1) is 18.0 Å². The third-order valence-corrected chi connectivity index (χ3v) is 3.74. The van der Waals surface area contributed by atoms with Crippen LogP contribution in [0.2, 0.25) is 5.02 Å². The lowest BCUT2D eigenvalue weighted by molar-refractivity contribution is -0.121. The average Bonchev–Trinajstić information content (AvgIpc) is 2.44. The second kappa shape index (κ2) is 7.45. The number of ether oxygens (including phenoxy) is 1. The highest BCUT2D eigenvalue weighted by Crippen LogP contribution is 2.22. The Balaban J connectivity index is 1.84. The van der Waals surface area contributed by atoms with Gasteiger partial charge in [-0.3, -0.25) is 4.79 Å². The summed E-state index contributed by atoms with van der Waals surface area (Å²) in [7, 11) is 0. The number of nitrogen functional groups attached to an aromatic ring is 1. The summed E-state index contributed by atoms with van der Waals surface area (Å²) in [5, 5.41) is 3.20. The first-order chi connectivity index (χ1) is 10.1. The summed E-state index contributed by atoms with van der Waals surface area (Å²) in [6, 6.07) is 12.6. The summed E-state index contributed by atoms with van der Waals surface area (Å²) < 4.78 is 6.34. The highest BCUT2D eigenvalue weighted by molar-refractivity contribution is 9.10. The lowest BCUT2D eigenvalue weighted by atomic mass is 10.2. The third-order valence-electron chi connectivity index (χ3n) is 2.74. The fraction of sp³-hybridized carbons (Fsp3) is 0.133. The van der Waals surface area contributed by atoms with Crippen LogP contribution in [0.25, 0.3) is 0 Å². The van der Waals surface area contributed by atoms with E-state index in [0.29, 0.717) is 23.0 Å². The molecule has 4 nitrogen and oxygen atoms in total. The molecule has 0 spiro atoms. The molecule has 0 bridgehead atoms. The Bertz CT molecular complexity index is 649. The van der Waals surface area contributed by atoms with E-state index in [1.54, 1.807) is 18.2 Å². The molecule has 0 aliphatic heterocycles. The van der Waals surface area contributed by atoms with Gasteiger partial charge < -0.3 is 15.8 Å². The van der Waals surface area contributed by atoms with Crippen molar-refractivity contribution in [2.24, 2.45) is 0 Å². The minimum atomic E-state index is -0.268. The van der Waals surface area contributed by atoms with Crippen LogP contribution < -0.4 is 11.1 Å². The summed E-state index contributed by atoms with van der Waals surface area (Å²) in [6.45, 7) is 0.300. The molecule has 0 saturated heterocycles. The fourth-order valence-corrected chi connectivity index (χ4v) is 2.28. The Labute approximate surface area is 136 Å². The highest BCUT2D eigenvalue weighted by atomic mass is 79.9. The molecule has 110 valence electrons. The van der Waals surface area contributed by atoms with E-state index in [1.165, 1.54) is 0 Å². The summed E-state index contributed by atoms with van der Waals surface area (Å²) in [6.07, 6.45) is 0. The van der Waals surface area contributed by atoms with E-state index < -0.39 is 0 Å². The van der Waals surface area contributed by atoms with Crippen LogP contribution in [-0.4, -0.2) is 12.5 Å². The number of carbonyl (C=O) groups excluding carboxylic acids is 1. The zero-order valence-corrected chi connectivity index (χ0v) is 13.4. The minimum absolute atomic E-state index is 0.0522. The topological polar surface area (TPSA) is 64.3 Å². The summed E-state index contributed by atoms with van der Waals surface area (Å²) in [5.74, 6) is -0.268. The van der Waals surface area contributed by atoms with E-state index in [2.05, 4.69) is 21.2 Å². The maximum atomic E-state index is 11.8. The van der Waals surface area contributed by atoms with Gasteiger partial charge in [0.2, 0.25) is 5.91 Å². The number of carbonyl (C=O) groups is 1. The van der Waals surface area contributed by atoms with E-state index in [1.807, 2.05) is 24.3 Å². The number of halogens is 2. The molecule has 0 atom stereocenters. The van der Waals surface area contributed by atoms with Gasteiger partial charge in [0, 0.05) is 9.50 Å². The monoisotopic (exact) mass is 368 g/mol. The van der Waals surface area contributed by atoms with Crippen molar-refractivity contribution in [3.05, 3.63) is 57.5 Å². The second-order valence-corrected chi connectivity index (χ2v) is 5.65. The first kappa shape index (κ1) is 15.8. The van der Waals surface area contributed by atoms with Crippen molar-refractivity contribution in [1.82, 2.24) is 0 Å². The molecule has 0 unspecified atom stereocenters. The molecule has 0 aliphatic carbocycles. The van der Waals surface area contributed by atoms with Crippen LogP contribution in [0.4, 0.5) is 11.4 Å². The molecule has 2 rings (SSSR count). The molecule has 0 saturated carbocycles. The van der Waals surface area contributed by atoms with Crippen molar-refractivity contribution in [2.75, 3.05) is 17.7 Å². The molecule has 6 heteroatoms. The number of nitrogens with two attached hydrogens (primary N) is 1. The van der Waals surface area contributed by atoms with E-state index in [4.69, 9.17) is 22.1 Å². The van der Waals surface area contributed by atoms with Gasteiger partial charge in [0.1, 0.15) is 6.61 Å². The van der Waals surface area contributed by atoms with Crippen LogP contribution in [0.15, 0.2) is 46.9 Å². The molecule has 0 radical (unpaired) electrons. The predicted octanol–water partition coefficient (Wildman–Crippen LogP) is 3.84. The molecular weight excluding hydrogens is 356 g/mol. The van der Waals surface area contributed by atoms with Gasteiger partial charge in [0.15, 0.2) is 0 Å². The Kier molecular flexibility index (Phi) is 5.61. The number of hydrogen-bond acceptors (Lipinski definition) is 3. The number of hydrogen-bond donors (Lipinski definition) is 2. The first-order valence-corrected chi connectivity index (χ1v) is 7.39. The average molecular weight is 370 g/mol. The number of anilines is 2. The summed E-state index contributed by atoms with van der Waals surface area (Å²) in [4.78, 5) is 11.8. The van der Waals surface area contributed by atoms with Crippen LogP contribution >= 0.6 is 27.5 Å². The zero-order chi connectivity index (χ0) is 15.2. The van der Waals surface area contributed by atoms with Crippen LogP contribution in [-0.2, 0) is 16.1 Å². The number of rotatable bonds is 5. The maximum absolute atomic E-state index is 11.8. The molecule has 3 N–H and O–H groups in total. The number of benzene rings is 2. The Hall–Kier alpha value is -1.56. The van der Waals surface area contributed by atoms with Gasteiger partial charge in [-0.2, -0.15) is 0 Å². The van der Waals surface area contributed by atoms with Gasteiger partial charge in [-0.15, -0.1) is 0 Å². The van der Waals surface area contributed by atoms with Gasteiger partial charge in [0.25, 0.3) is 0 Å². The van der Waals surface area contributed by atoms with Gasteiger partial charge >= 0.3 is 0 Å². The van der Waals surface area contributed by atoms with Crippen LogP contribution in [0.1, 0.15) is 5.56 Å². The van der Waals surface area contributed by atoms with Gasteiger partial charge in [-0.1, -0.05) is 45.7 Å². The maximum Gasteiger partial charge on any atom is 0.250 e. The molecular formula is C15H14BrClN2O2. The van der Waals surface area contributed by atoms with Crippen molar-refractivity contribution in [3.8, 4) is 0 Å². The molecule has 0 aliphatic rings. The lowest BCUT2D eigenvalue weighted by Crippen LogP contribution is -2.19. The lowest BCUT2D eigenvalue weighted by Gasteiger charge is -2.09. The van der Waals surface area contributed by atoms with Crippen LogP contribution in [0, 0.1) is 0 Å². The molecule has 2 aromatic carbocycles. The first-order valence-electron chi connectivity index (χ1n) is 6.22. The van der Waals surface area contributed by atoms with E-state index in [9.17, 15) is 4.79 Å². The van der Waals surface area contributed by atoms with E-state index >= 15 is 0 Å². The normalized spacial score (nSPS) is 10.4. The van der Waals surface area contributed by atoms with E-state index in [-0.39, 0.29) is 12.5 Å². The molecule has 1 amide bonds. The van der Waals surface area contributed by atoms with Gasteiger partial charge in [-0.05, 0) is 29.8 Å². The smallest absolute Gasteiger partial charge is 0.250 e. The quantitative estimate of drug-likeness (QED) is 0.787. The predicted molar refractivity (Wildman–Crippen MR) is 88.3 cm³/mol. The molecule has 0 fully saturated rings. The van der Waals surface area contributed by atoms with Gasteiger partial charge in [-0.25, -0.2) is 0 Å². The Morgan fingerprint density at radius 2 is 2.05 bits per heavy atom. The largest absolute Gasteiger partial charge is 0.397 e. The number of amides is 1. The highest BCUT2D eigenvalue weighted by Gasteiger charge is 2.07. The Morgan fingerprint density at radius 3 is 2.76 bits per heavy atom. The van der Waals surface area contributed by atoms with Crippen molar-refractivity contribution >= 4 is 44.8 Å². The van der Waals surface area contributed by atoms with Crippen molar-refractivity contribution in [3.63, 3.8) is 0 Å². The van der Waals surface area contributed by atoms with Crippen molar-refractivity contribution in [1.29, 1.82) is 0 Å². The summed E-state index contributed by atoms with van der Waals surface area (Å²) in [5.41, 5.74) is 7.69. The van der Waals surface area contributed by atoms with Crippen LogP contribution in [0.5, 0.6) is 0 Å². The van der Waals surface area contributed by atoms with E-state index in [0.717, 1.165) is 10.0 Å². The zero-order valence-electron chi connectivity index (χ0n) is 11.1. The second-order valence-electron chi connectivity index (χ2n) is 4.36. The number of nitrogens with one attached hydrogen (secondary N) is 1. The molecule has 0 heterocycles. The molecule has 2 aromatic rings. The standard InChI is InChI=1S/C15H14BrClN2O2/c16-12-4-2-1-3-10(12)8-21-9-15(20)19-14-6-5-11(17)7-13(14)18/h1-7H,8-9,18H2,(H,19,20). The third kappa shape index (κ3) is 4.74.